The van der Waals surface area contributed by atoms with Gasteiger partial charge in [0.05, 0.1) is 6.42 Å². The molecule has 286 valence electrons. The number of likely N-dealkylation sites (N-methyl/N-ethyl adjacent to an activating group) is 1. The molecular weight excluding hydrogens is 610 g/mol. The minimum Gasteiger partial charge on any atom is -0.446 e. The normalized spacial score (nSPS) is 12.1. The largest absolute Gasteiger partial charge is 0.446 e. The van der Waals surface area contributed by atoms with E-state index in [4.69, 9.17) is 10.5 Å². The molecular formula is C42H79N3O4. The van der Waals surface area contributed by atoms with Crippen molar-refractivity contribution in [2.45, 2.75) is 206 Å². The molecule has 49 heavy (non-hydrogen) atoms. The highest BCUT2D eigenvalue weighted by atomic mass is 16.6. The number of hydrogen-bond acceptors (Lipinski definition) is 4. The van der Waals surface area contributed by atoms with Gasteiger partial charge in [0, 0.05) is 13.6 Å². The molecule has 0 spiro atoms. The van der Waals surface area contributed by atoms with Crippen LogP contribution in [0.25, 0.3) is 0 Å². The molecule has 0 aromatic heterocycles. The number of unbranched alkanes of at least 4 members (excludes halogenated alkanes) is 23. The van der Waals surface area contributed by atoms with Gasteiger partial charge in [-0.3, -0.25) is 14.5 Å². The fourth-order valence-corrected chi connectivity index (χ4v) is 6.12. The number of allylic oxidation sites excluding steroid dienone is 4. The number of hydrogen-bond donors (Lipinski definition) is 2. The molecule has 0 saturated heterocycles. The van der Waals surface area contributed by atoms with Crippen LogP contribution in [0.2, 0.25) is 0 Å². The van der Waals surface area contributed by atoms with E-state index in [1.165, 1.54) is 120 Å². The lowest BCUT2D eigenvalue weighted by Crippen LogP contribution is -2.42. The molecule has 3 N–H and O–H groups in total. The second-order valence-electron chi connectivity index (χ2n) is 14.1. The molecule has 0 radical (unpaired) electrons. The summed E-state index contributed by atoms with van der Waals surface area (Å²) in [5.74, 6) is -0.723. The van der Waals surface area contributed by atoms with E-state index in [1.807, 2.05) is 0 Å². The SMILES string of the molecule is CCCCCCCCCCC/C=C/CCCCCN(CC(=O)NC)C(=O)OC(CCCC/C=C/CCCCCCCCCCC)CC(N)=O. The molecule has 1 unspecified atom stereocenters. The number of amides is 3. The molecule has 0 aliphatic carbocycles. The fourth-order valence-electron chi connectivity index (χ4n) is 6.12. The standard InChI is InChI=1S/C42H79N3O4/c1-4-6-8-10-12-14-16-18-20-22-24-26-28-30-32-34-36-45(38-41(47)44-3)42(48)49-39(37-40(43)46)35-33-31-29-27-25-23-21-19-17-15-13-11-9-7-5-2/h24-27,39H,4-23,28-38H2,1-3H3,(H2,43,46)(H,44,47)/b26-24+,27-25+. The smallest absolute Gasteiger partial charge is 0.410 e. The van der Waals surface area contributed by atoms with E-state index in [1.54, 1.807) is 7.05 Å². The maximum atomic E-state index is 13.1. The summed E-state index contributed by atoms with van der Waals surface area (Å²) >= 11 is 0. The summed E-state index contributed by atoms with van der Waals surface area (Å²) in [6.07, 6.45) is 41.8. The molecule has 0 bridgehead atoms. The van der Waals surface area contributed by atoms with Crippen molar-refractivity contribution in [3.05, 3.63) is 24.3 Å². The van der Waals surface area contributed by atoms with Gasteiger partial charge in [-0.05, 0) is 70.6 Å². The summed E-state index contributed by atoms with van der Waals surface area (Å²) in [6.45, 7) is 4.92. The van der Waals surface area contributed by atoms with Crippen LogP contribution in [-0.4, -0.2) is 49.0 Å². The first-order valence-electron chi connectivity index (χ1n) is 20.7. The molecule has 0 saturated carbocycles. The van der Waals surface area contributed by atoms with Gasteiger partial charge in [-0.1, -0.05) is 147 Å². The Kier molecular flexibility index (Phi) is 35.2. The van der Waals surface area contributed by atoms with Crippen LogP contribution in [-0.2, 0) is 14.3 Å². The number of rotatable bonds is 36. The van der Waals surface area contributed by atoms with Gasteiger partial charge in [0.2, 0.25) is 11.8 Å². The van der Waals surface area contributed by atoms with Gasteiger partial charge < -0.3 is 15.8 Å². The van der Waals surface area contributed by atoms with E-state index >= 15 is 0 Å². The van der Waals surface area contributed by atoms with Crippen LogP contribution in [0.15, 0.2) is 24.3 Å². The van der Waals surface area contributed by atoms with Crippen LogP contribution in [0, 0.1) is 0 Å². The zero-order chi connectivity index (χ0) is 36.0. The quantitative estimate of drug-likeness (QED) is 0.0505. The summed E-state index contributed by atoms with van der Waals surface area (Å²) in [5, 5.41) is 2.60. The number of nitrogens with two attached hydrogens (primary N) is 1. The van der Waals surface area contributed by atoms with Crippen molar-refractivity contribution in [3.8, 4) is 0 Å². The predicted molar refractivity (Wildman–Crippen MR) is 209 cm³/mol. The molecule has 7 heteroatoms. The lowest BCUT2D eigenvalue weighted by atomic mass is 10.1. The Balaban J connectivity index is 4.27. The maximum absolute atomic E-state index is 13.1. The van der Waals surface area contributed by atoms with Crippen LogP contribution in [0.5, 0.6) is 0 Å². The fraction of sp³-hybridized carbons (Fsp3) is 0.833. The number of carbonyl (C=O) groups excluding carboxylic acids is 3. The molecule has 0 heterocycles. The highest BCUT2D eigenvalue weighted by Crippen LogP contribution is 2.15. The number of primary amides is 1. The van der Waals surface area contributed by atoms with Crippen LogP contribution in [0.4, 0.5) is 4.79 Å². The molecule has 0 aliphatic rings. The Bertz CT molecular complexity index is 829. The number of nitrogens with zero attached hydrogens (tertiary/aromatic N) is 1. The molecule has 0 aliphatic heterocycles. The van der Waals surface area contributed by atoms with Crippen molar-refractivity contribution in [2.75, 3.05) is 20.1 Å². The number of ether oxygens (including phenoxy) is 1. The average molecular weight is 690 g/mol. The first-order chi connectivity index (χ1) is 23.9. The average Bonchev–Trinajstić information content (AvgIpc) is 3.08. The molecule has 0 aromatic rings. The van der Waals surface area contributed by atoms with Gasteiger partial charge in [-0.25, -0.2) is 4.79 Å². The molecule has 1 atom stereocenters. The van der Waals surface area contributed by atoms with Gasteiger partial charge in [0.15, 0.2) is 0 Å². The van der Waals surface area contributed by atoms with Crippen LogP contribution in [0.1, 0.15) is 200 Å². The molecule has 0 fully saturated rings. The van der Waals surface area contributed by atoms with Crippen molar-refractivity contribution in [3.63, 3.8) is 0 Å². The van der Waals surface area contributed by atoms with E-state index in [2.05, 4.69) is 43.5 Å². The molecule has 7 nitrogen and oxygen atoms in total. The van der Waals surface area contributed by atoms with Crippen molar-refractivity contribution in [1.82, 2.24) is 10.2 Å². The van der Waals surface area contributed by atoms with Crippen LogP contribution >= 0.6 is 0 Å². The van der Waals surface area contributed by atoms with Gasteiger partial charge in [0.25, 0.3) is 0 Å². The third-order valence-corrected chi connectivity index (χ3v) is 9.30. The van der Waals surface area contributed by atoms with Crippen molar-refractivity contribution in [1.29, 1.82) is 0 Å². The first kappa shape index (κ1) is 46.7. The van der Waals surface area contributed by atoms with E-state index in [-0.39, 0.29) is 18.9 Å². The first-order valence-corrected chi connectivity index (χ1v) is 20.7. The minimum atomic E-state index is -0.570. The third kappa shape index (κ3) is 33.9. The van der Waals surface area contributed by atoms with Crippen molar-refractivity contribution in [2.24, 2.45) is 5.73 Å². The Labute approximate surface area is 303 Å². The maximum Gasteiger partial charge on any atom is 0.410 e. The van der Waals surface area contributed by atoms with Gasteiger partial charge >= 0.3 is 6.09 Å². The van der Waals surface area contributed by atoms with Gasteiger partial charge in [-0.15, -0.1) is 0 Å². The number of nitrogens with one attached hydrogen (secondary N) is 1. The predicted octanol–water partition coefficient (Wildman–Crippen LogP) is 11.5. The van der Waals surface area contributed by atoms with E-state index < -0.39 is 18.1 Å². The third-order valence-electron chi connectivity index (χ3n) is 9.30. The monoisotopic (exact) mass is 690 g/mol. The Hall–Kier alpha value is -2.31. The second kappa shape index (κ2) is 37.0. The summed E-state index contributed by atoms with van der Waals surface area (Å²) in [6, 6.07) is 0. The number of carbonyl (C=O) groups is 3. The van der Waals surface area contributed by atoms with Gasteiger partial charge in [-0.2, -0.15) is 0 Å². The lowest BCUT2D eigenvalue weighted by Gasteiger charge is -2.25. The summed E-state index contributed by atoms with van der Waals surface area (Å²) < 4.78 is 5.74. The summed E-state index contributed by atoms with van der Waals surface area (Å²) in [5.41, 5.74) is 5.48. The highest BCUT2D eigenvalue weighted by molar-refractivity contribution is 5.82. The Morgan fingerprint density at radius 3 is 1.39 bits per heavy atom. The zero-order valence-corrected chi connectivity index (χ0v) is 32.5. The Morgan fingerprint density at radius 2 is 0.980 bits per heavy atom. The summed E-state index contributed by atoms with van der Waals surface area (Å²) in [7, 11) is 1.56. The molecule has 0 aromatic carbocycles. The molecule has 3 amide bonds. The highest BCUT2D eigenvalue weighted by Gasteiger charge is 2.23. The van der Waals surface area contributed by atoms with E-state index in [9.17, 15) is 14.4 Å². The topological polar surface area (TPSA) is 102 Å². The zero-order valence-electron chi connectivity index (χ0n) is 32.5. The van der Waals surface area contributed by atoms with Crippen LogP contribution in [0.3, 0.4) is 0 Å². The van der Waals surface area contributed by atoms with Crippen molar-refractivity contribution >= 4 is 17.9 Å². The minimum absolute atomic E-state index is 0.000616. The van der Waals surface area contributed by atoms with Crippen LogP contribution < -0.4 is 11.1 Å². The molecule has 0 rings (SSSR count). The van der Waals surface area contributed by atoms with E-state index in [0.29, 0.717) is 13.0 Å². The Morgan fingerprint density at radius 1 is 0.592 bits per heavy atom. The lowest BCUT2D eigenvalue weighted by molar-refractivity contribution is -0.123. The second-order valence-corrected chi connectivity index (χ2v) is 14.1. The van der Waals surface area contributed by atoms with Crippen molar-refractivity contribution < 1.29 is 19.1 Å². The van der Waals surface area contributed by atoms with Gasteiger partial charge in [0.1, 0.15) is 12.6 Å². The van der Waals surface area contributed by atoms with E-state index in [0.717, 1.165) is 57.8 Å². The summed E-state index contributed by atoms with van der Waals surface area (Å²) in [4.78, 5) is 38.4.